The summed E-state index contributed by atoms with van der Waals surface area (Å²) in [4.78, 5) is 18.6. The van der Waals surface area contributed by atoms with Gasteiger partial charge in [0, 0.05) is 6.07 Å². The number of rotatable bonds is 2. The Morgan fingerprint density at radius 3 is 2.07 bits per heavy atom. The second-order valence-corrected chi connectivity index (χ2v) is 2.16. The summed E-state index contributed by atoms with van der Waals surface area (Å²) >= 11 is 0. The van der Waals surface area contributed by atoms with Gasteiger partial charge in [-0.15, -0.1) is 0 Å². The first-order valence-corrected chi connectivity index (χ1v) is 3.15. The number of nitro benzene ring substituents is 2. The normalized spacial score (nSPS) is 8.86. The molecule has 1 rings (SSSR count). The van der Waals surface area contributed by atoms with Gasteiger partial charge < -0.3 is 5.11 Å². The molecule has 7 nitrogen and oxygen atoms in total. The minimum atomic E-state index is -0.993. The molecule has 8 heteroatoms. The third-order valence-electron chi connectivity index (χ3n) is 1.37. The quantitative estimate of drug-likeness (QED) is 0.434. The summed E-state index contributed by atoms with van der Waals surface area (Å²) in [6.07, 6.45) is 0. The van der Waals surface area contributed by atoms with E-state index in [1.807, 2.05) is 0 Å². The molecule has 0 aromatic heterocycles. The summed E-state index contributed by atoms with van der Waals surface area (Å²) in [6.45, 7) is 0. The number of hydrogen-bond acceptors (Lipinski definition) is 5. The zero-order valence-electron chi connectivity index (χ0n) is 6.21. The summed E-state index contributed by atoms with van der Waals surface area (Å²) in [7, 11) is 0. The summed E-state index contributed by atoms with van der Waals surface area (Å²) < 4.78 is 0. The van der Waals surface area contributed by atoms with E-state index in [2.05, 4.69) is 0 Å². The zero-order valence-corrected chi connectivity index (χ0v) is 6.21. The van der Waals surface area contributed by atoms with Gasteiger partial charge in [0.2, 0.25) is 5.75 Å². The van der Waals surface area contributed by atoms with Crippen molar-refractivity contribution in [2.24, 2.45) is 0 Å². The summed E-state index contributed by atoms with van der Waals surface area (Å²) in [6, 6.07) is 3.14. The fourth-order valence-corrected chi connectivity index (χ4v) is 0.854. The van der Waals surface area contributed by atoms with Crippen molar-refractivity contribution in [1.29, 1.82) is 0 Å². The van der Waals surface area contributed by atoms with E-state index in [9.17, 15) is 20.2 Å². The van der Waals surface area contributed by atoms with Crippen molar-refractivity contribution < 1.29 is 15.0 Å². The molecule has 1 aromatic rings. The Hall–Kier alpha value is -1.18. The molecule has 1 aromatic carbocycles. The first kappa shape index (κ1) is 12.8. The number of aromatic hydroxyl groups is 1. The topological polar surface area (TPSA) is 107 Å². The van der Waals surface area contributed by atoms with E-state index >= 15 is 0 Å². The molecule has 0 unspecified atom stereocenters. The van der Waals surface area contributed by atoms with Crippen LogP contribution in [0.2, 0.25) is 0 Å². The molecule has 0 aliphatic heterocycles. The van der Waals surface area contributed by atoms with Gasteiger partial charge in [-0.25, -0.2) is 0 Å². The van der Waals surface area contributed by atoms with Gasteiger partial charge >= 0.3 is 40.9 Å². The van der Waals surface area contributed by atoms with Crippen molar-refractivity contribution in [3.63, 3.8) is 0 Å². The fraction of sp³-hybridized carbons (Fsp3) is 0. The number of nitro groups is 2. The number of nitrogens with zero attached hydrogens (tertiary/aromatic N) is 2. The Bertz CT molecular complexity index is 380. The SMILES string of the molecule is O=[N+]([O-])c1cccc(O)c1[N+](=O)[O-].[NaH]. The third-order valence-corrected chi connectivity index (χ3v) is 1.37. The van der Waals surface area contributed by atoms with Crippen molar-refractivity contribution in [1.82, 2.24) is 0 Å². The van der Waals surface area contributed by atoms with Gasteiger partial charge in [0.05, 0.1) is 9.85 Å². The monoisotopic (exact) mass is 208 g/mol. The van der Waals surface area contributed by atoms with Crippen molar-refractivity contribution >= 4 is 40.9 Å². The van der Waals surface area contributed by atoms with Crippen molar-refractivity contribution in [2.45, 2.75) is 0 Å². The molecule has 0 radical (unpaired) electrons. The predicted molar refractivity (Wildman–Crippen MR) is 48.6 cm³/mol. The molecule has 0 fully saturated rings. The van der Waals surface area contributed by atoms with Crippen LogP contribution in [0.4, 0.5) is 11.4 Å². The van der Waals surface area contributed by atoms with E-state index in [4.69, 9.17) is 5.11 Å². The minimum absolute atomic E-state index is 0. The molecule has 0 saturated carbocycles. The maximum atomic E-state index is 10.3. The van der Waals surface area contributed by atoms with Crippen molar-refractivity contribution in [3.05, 3.63) is 38.4 Å². The molecule has 0 saturated heterocycles. The van der Waals surface area contributed by atoms with Crippen LogP contribution in [0, 0.1) is 20.2 Å². The van der Waals surface area contributed by atoms with Crippen LogP contribution in [0.1, 0.15) is 0 Å². The average Bonchev–Trinajstić information content (AvgIpc) is 2.02. The number of hydrogen-bond donors (Lipinski definition) is 1. The molecule has 0 bridgehead atoms. The van der Waals surface area contributed by atoms with Crippen LogP contribution in [-0.4, -0.2) is 44.5 Å². The molecule has 0 aliphatic carbocycles. The fourth-order valence-electron chi connectivity index (χ4n) is 0.854. The van der Waals surface area contributed by atoms with Gasteiger partial charge in [0.15, 0.2) is 0 Å². The molecule has 0 atom stereocenters. The number of phenolic OH excluding ortho intramolecular Hbond substituents is 1. The van der Waals surface area contributed by atoms with Gasteiger partial charge in [-0.3, -0.25) is 20.2 Å². The first-order chi connectivity index (χ1) is 6.04. The molecule has 1 N–H and O–H groups in total. The summed E-state index contributed by atoms with van der Waals surface area (Å²) in [5, 5.41) is 29.5. The van der Waals surface area contributed by atoms with E-state index in [0.717, 1.165) is 12.1 Å². The Labute approximate surface area is 99.9 Å². The van der Waals surface area contributed by atoms with Crippen LogP contribution in [-0.2, 0) is 0 Å². The Morgan fingerprint density at radius 2 is 1.71 bits per heavy atom. The van der Waals surface area contributed by atoms with E-state index in [0.29, 0.717) is 0 Å². The van der Waals surface area contributed by atoms with Gasteiger partial charge in [-0.05, 0) is 6.07 Å². The summed E-state index contributed by atoms with van der Waals surface area (Å²) in [5.74, 6) is -0.709. The van der Waals surface area contributed by atoms with Gasteiger partial charge in [-0.1, -0.05) is 6.07 Å². The molecule has 0 heterocycles. The Morgan fingerprint density at radius 1 is 1.14 bits per heavy atom. The maximum absolute atomic E-state index is 10.3. The number of para-hydroxylation sites is 1. The molecular formula is C6H5N2NaO5. The Kier molecular flexibility index (Phi) is 4.48. The van der Waals surface area contributed by atoms with Gasteiger partial charge in [-0.2, -0.15) is 0 Å². The van der Waals surface area contributed by atoms with Crippen LogP contribution < -0.4 is 0 Å². The van der Waals surface area contributed by atoms with Crippen molar-refractivity contribution in [2.75, 3.05) is 0 Å². The second kappa shape index (κ2) is 4.89. The molecule has 70 valence electrons. The van der Waals surface area contributed by atoms with Gasteiger partial charge in [0.1, 0.15) is 0 Å². The van der Waals surface area contributed by atoms with Crippen LogP contribution in [0.25, 0.3) is 0 Å². The standard InChI is InChI=1S/C6H4N2O5.Na.H/c9-5-3-1-2-4(7(10)11)6(5)8(12)13;;/h1-3,9H;;. The van der Waals surface area contributed by atoms with Crippen LogP contribution in [0.15, 0.2) is 18.2 Å². The van der Waals surface area contributed by atoms with E-state index in [-0.39, 0.29) is 29.6 Å². The van der Waals surface area contributed by atoms with Crippen molar-refractivity contribution in [3.8, 4) is 5.75 Å². The van der Waals surface area contributed by atoms with Crippen LogP contribution >= 0.6 is 0 Å². The van der Waals surface area contributed by atoms with E-state index in [1.54, 1.807) is 0 Å². The number of phenols is 1. The zero-order chi connectivity index (χ0) is 10.0. The number of benzene rings is 1. The molecular weight excluding hydrogens is 203 g/mol. The predicted octanol–water partition coefficient (Wildman–Crippen LogP) is 0.560. The van der Waals surface area contributed by atoms with E-state index < -0.39 is 27.0 Å². The average molecular weight is 208 g/mol. The Balaban J connectivity index is 0.00000169. The van der Waals surface area contributed by atoms with E-state index in [1.165, 1.54) is 6.07 Å². The molecule has 0 aliphatic rings. The third kappa shape index (κ3) is 2.41. The molecule has 0 spiro atoms. The van der Waals surface area contributed by atoms with Crippen LogP contribution in [0.5, 0.6) is 5.75 Å². The molecule has 14 heavy (non-hydrogen) atoms. The van der Waals surface area contributed by atoms with Gasteiger partial charge in [0.25, 0.3) is 0 Å². The summed E-state index contributed by atoms with van der Waals surface area (Å²) in [5.41, 5.74) is -1.60. The molecule has 0 amide bonds. The van der Waals surface area contributed by atoms with Crippen LogP contribution in [0.3, 0.4) is 0 Å². The first-order valence-electron chi connectivity index (χ1n) is 3.15. The second-order valence-electron chi connectivity index (χ2n) is 2.16.